The van der Waals surface area contributed by atoms with Crippen LogP contribution in [0.5, 0.6) is 17.2 Å². The average Bonchev–Trinajstić information content (AvgIpc) is 2.95. The first kappa shape index (κ1) is 27.7. The molecule has 0 saturated carbocycles. The zero-order valence-corrected chi connectivity index (χ0v) is 21.4. The molecule has 0 aliphatic carbocycles. The van der Waals surface area contributed by atoms with Gasteiger partial charge in [0.2, 0.25) is 11.6 Å². The molecule has 4 rings (SSSR count). The van der Waals surface area contributed by atoms with Crippen LogP contribution in [0.4, 0.5) is 17.6 Å². The number of hydrogen-bond donors (Lipinski definition) is 0. The van der Waals surface area contributed by atoms with Gasteiger partial charge in [-0.2, -0.15) is 8.78 Å². The lowest BCUT2D eigenvalue weighted by atomic mass is 9.98. The zero-order chi connectivity index (χ0) is 27.9. The third-order valence-corrected chi connectivity index (χ3v) is 5.96. The van der Waals surface area contributed by atoms with E-state index in [0.29, 0.717) is 23.5 Å². The molecule has 4 aromatic carbocycles. The van der Waals surface area contributed by atoms with E-state index in [9.17, 15) is 13.6 Å². The Bertz CT molecular complexity index is 1450. The summed E-state index contributed by atoms with van der Waals surface area (Å²) in [5, 5.41) is 0. The quantitative estimate of drug-likeness (QED) is 0.0881. The van der Waals surface area contributed by atoms with Gasteiger partial charge in [-0.05, 0) is 60.9 Å². The van der Waals surface area contributed by atoms with Gasteiger partial charge in [0.1, 0.15) is 5.75 Å². The maximum atomic E-state index is 15.1. The minimum atomic E-state index is -1.36. The molecule has 8 heteroatoms. The largest absolute Gasteiger partial charge is 0.494 e. The van der Waals surface area contributed by atoms with Crippen molar-refractivity contribution in [3.05, 3.63) is 102 Å². The van der Waals surface area contributed by atoms with Gasteiger partial charge in [-0.25, -0.2) is 13.6 Å². The van der Waals surface area contributed by atoms with Crippen molar-refractivity contribution in [3.63, 3.8) is 0 Å². The van der Waals surface area contributed by atoms with E-state index in [1.165, 1.54) is 36.4 Å². The molecule has 0 aliphatic rings. The Morgan fingerprint density at radius 3 is 1.74 bits per heavy atom. The van der Waals surface area contributed by atoms with Crippen LogP contribution in [-0.2, 0) is 0 Å². The lowest BCUT2D eigenvalue weighted by molar-refractivity contribution is 0.0726. The van der Waals surface area contributed by atoms with E-state index in [4.69, 9.17) is 14.2 Å². The predicted molar refractivity (Wildman–Crippen MR) is 140 cm³/mol. The Hall–Kier alpha value is -4.33. The van der Waals surface area contributed by atoms with Crippen LogP contribution in [-0.4, -0.2) is 19.2 Å². The Balaban J connectivity index is 1.49. The number of carbonyl (C=O) groups excluding carboxylic acids is 1. The van der Waals surface area contributed by atoms with Crippen LogP contribution in [0, 0.1) is 23.3 Å². The molecule has 4 nitrogen and oxygen atoms in total. The SMILES string of the molecule is CCCCOc1ccc(-c2ccc(-c3ccc(C(=O)Oc4ccc(OCC)c(F)c4F)cc3)c(F)c2F)cc1. The highest BCUT2D eigenvalue weighted by atomic mass is 19.2. The first-order chi connectivity index (χ1) is 18.8. The van der Waals surface area contributed by atoms with Gasteiger partial charge >= 0.3 is 5.97 Å². The molecule has 0 bridgehead atoms. The second-order valence-corrected chi connectivity index (χ2v) is 8.60. The molecule has 0 fully saturated rings. The van der Waals surface area contributed by atoms with Crippen molar-refractivity contribution in [3.8, 4) is 39.5 Å². The van der Waals surface area contributed by atoms with Gasteiger partial charge in [0, 0.05) is 11.1 Å². The van der Waals surface area contributed by atoms with E-state index in [2.05, 4.69) is 6.92 Å². The number of hydrogen-bond acceptors (Lipinski definition) is 4. The lowest BCUT2D eigenvalue weighted by Gasteiger charge is -2.11. The molecule has 0 spiro atoms. The van der Waals surface area contributed by atoms with E-state index >= 15 is 8.78 Å². The Morgan fingerprint density at radius 1 is 0.641 bits per heavy atom. The fourth-order valence-electron chi connectivity index (χ4n) is 3.86. The summed E-state index contributed by atoms with van der Waals surface area (Å²) in [5.74, 6) is -5.88. The molecule has 0 N–H and O–H groups in total. The second-order valence-electron chi connectivity index (χ2n) is 8.60. The van der Waals surface area contributed by atoms with E-state index in [-0.39, 0.29) is 29.0 Å². The molecule has 0 saturated heterocycles. The summed E-state index contributed by atoms with van der Waals surface area (Å²) in [4.78, 5) is 12.5. The Kier molecular flexibility index (Phi) is 8.86. The maximum Gasteiger partial charge on any atom is 0.343 e. The molecule has 0 aromatic heterocycles. The Labute approximate surface area is 223 Å². The summed E-state index contributed by atoms with van der Waals surface area (Å²) in [5.41, 5.74) is 0.909. The van der Waals surface area contributed by atoms with Crippen molar-refractivity contribution < 1.29 is 36.6 Å². The van der Waals surface area contributed by atoms with E-state index in [1.807, 2.05) is 0 Å². The number of carbonyl (C=O) groups is 1. The van der Waals surface area contributed by atoms with E-state index < -0.39 is 35.0 Å². The zero-order valence-electron chi connectivity index (χ0n) is 21.4. The van der Waals surface area contributed by atoms with Crippen LogP contribution in [0.25, 0.3) is 22.3 Å². The smallest absolute Gasteiger partial charge is 0.343 e. The summed E-state index contributed by atoms with van der Waals surface area (Å²) in [7, 11) is 0. The molecular weight excluding hydrogens is 512 g/mol. The molecule has 0 amide bonds. The number of benzene rings is 4. The number of esters is 1. The molecule has 39 heavy (non-hydrogen) atoms. The fraction of sp³-hybridized carbons (Fsp3) is 0.194. The van der Waals surface area contributed by atoms with Crippen molar-refractivity contribution in [1.29, 1.82) is 0 Å². The van der Waals surface area contributed by atoms with Crippen LogP contribution in [0.1, 0.15) is 37.0 Å². The molecule has 0 heterocycles. The first-order valence-electron chi connectivity index (χ1n) is 12.5. The van der Waals surface area contributed by atoms with E-state index in [1.54, 1.807) is 31.2 Å². The number of rotatable bonds is 10. The summed E-state index contributed by atoms with van der Waals surface area (Å²) < 4.78 is 74.0. The minimum absolute atomic E-state index is 0.00434. The van der Waals surface area contributed by atoms with Crippen LogP contribution in [0.15, 0.2) is 72.8 Å². The third kappa shape index (κ3) is 6.22. The molecule has 0 atom stereocenters. The second kappa shape index (κ2) is 12.5. The summed E-state index contributed by atoms with van der Waals surface area (Å²) in [6.45, 7) is 4.40. The van der Waals surface area contributed by atoms with Crippen LogP contribution >= 0.6 is 0 Å². The standard InChI is InChI=1S/C31H26F4O4/c1-3-5-18-38-22-12-10-20(11-13-22)24-15-14-23(27(32)28(24)33)19-6-8-21(9-7-19)31(36)39-26-17-16-25(37-4-2)29(34)30(26)35/h6-17H,3-5,18H2,1-2H3. The summed E-state index contributed by atoms with van der Waals surface area (Å²) in [6.07, 6.45) is 1.93. The molecule has 202 valence electrons. The fourth-order valence-corrected chi connectivity index (χ4v) is 3.86. The summed E-state index contributed by atoms with van der Waals surface area (Å²) >= 11 is 0. The highest BCUT2D eigenvalue weighted by Gasteiger charge is 2.20. The van der Waals surface area contributed by atoms with E-state index in [0.717, 1.165) is 25.0 Å². The predicted octanol–water partition coefficient (Wildman–Crippen LogP) is 8.37. The molecule has 4 aromatic rings. The average molecular weight is 539 g/mol. The van der Waals surface area contributed by atoms with Crippen LogP contribution in [0.2, 0.25) is 0 Å². The maximum absolute atomic E-state index is 15.1. The van der Waals surface area contributed by atoms with Gasteiger partial charge in [-0.15, -0.1) is 0 Å². The molecule has 0 radical (unpaired) electrons. The third-order valence-electron chi connectivity index (χ3n) is 5.96. The molecular formula is C31H26F4O4. The normalized spacial score (nSPS) is 10.8. The highest BCUT2D eigenvalue weighted by Crippen LogP contribution is 2.33. The Morgan fingerprint density at radius 2 is 1.18 bits per heavy atom. The number of unbranched alkanes of at least 4 members (excludes halogenated alkanes) is 1. The minimum Gasteiger partial charge on any atom is -0.494 e. The van der Waals surface area contributed by atoms with Crippen molar-refractivity contribution in [2.24, 2.45) is 0 Å². The van der Waals surface area contributed by atoms with Crippen molar-refractivity contribution in [2.45, 2.75) is 26.7 Å². The first-order valence-corrected chi connectivity index (χ1v) is 12.5. The van der Waals surface area contributed by atoms with Gasteiger partial charge in [0.25, 0.3) is 0 Å². The van der Waals surface area contributed by atoms with Crippen LogP contribution < -0.4 is 14.2 Å². The number of ether oxygens (including phenoxy) is 3. The van der Waals surface area contributed by atoms with Gasteiger partial charge in [-0.3, -0.25) is 0 Å². The van der Waals surface area contributed by atoms with Crippen molar-refractivity contribution in [2.75, 3.05) is 13.2 Å². The lowest BCUT2D eigenvalue weighted by Crippen LogP contribution is -2.10. The topological polar surface area (TPSA) is 44.8 Å². The summed E-state index contributed by atoms with van der Waals surface area (Å²) in [6, 6.07) is 17.4. The molecule has 0 aliphatic heterocycles. The van der Waals surface area contributed by atoms with Gasteiger partial charge in [-0.1, -0.05) is 49.7 Å². The van der Waals surface area contributed by atoms with Gasteiger partial charge in [0.15, 0.2) is 23.1 Å². The monoisotopic (exact) mass is 538 g/mol. The molecule has 0 unspecified atom stereocenters. The van der Waals surface area contributed by atoms with Crippen LogP contribution in [0.3, 0.4) is 0 Å². The van der Waals surface area contributed by atoms with Crippen molar-refractivity contribution in [1.82, 2.24) is 0 Å². The highest BCUT2D eigenvalue weighted by molar-refractivity contribution is 5.91. The van der Waals surface area contributed by atoms with Gasteiger partial charge in [0.05, 0.1) is 18.8 Å². The number of halogens is 4. The van der Waals surface area contributed by atoms with Crippen molar-refractivity contribution >= 4 is 5.97 Å². The van der Waals surface area contributed by atoms with Gasteiger partial charge < -0.3 is 14.2 Å².